The van der Waals surface area contributed by atoms with E-state index < -0.39 is 41.4 Å². The van der Waals surface area contributed by atoms with Crippen LogP contribution in [0.1, 0.15) is 55.2 Å². The maximum Gasteiger partial charge on any atom is 0.418 e. The number of halogens is 3. The number of urea groups is 1. The summed E-state index contributed by atoms with van der Waals surface area (Å²) in [5.74, 6) is 0.199. The number of aliphatic hydroxyl groups is 2. The van der Waals surface area contributed by atoms with E-state index in [0.717, 1.165) is 12.7 Å². The van der Waals surface area contributed by atoms with Gasteiger partial charge in [0.25, 0.3) is 0 Å². The highest BCUT2D eigenvalue weighted by Gasteiger charge is 2.42. The van der Waals surface area contributed by atoms with Gasteiger partial charge >= 0.3 is 12.2 Å². The Labute approximate surface area is 195 Å². The van der Waals surface area contributed by atoms with Gasteiger partial charge in [0, 0.05) is 11.1 Å². The van der Waals surface area contributed by atoms with Gasteiger partial charge < -0.3 is 30.3 Å². The largest absolute Gasteiger partial charge is 0.496 e. The summed E-state index contributed by atoms with van der Waals surface area (Å²) >= 11 is 0. The number of benzene rings is 2. The Balaban J connectivity index is 1.90. The molecule has 0 radical (unpaired) electrons. The number of rotatable bonds is 5. The van der Waals surface area contributed by atoms with E-state index in [1.165, 1.54) is 19.2 Å². The van der Waals surface area contributed by atoms with Crippen LogP contribution in [0.5, 0.6) is 11.5 Å². The topological polar surface area (TPSA) is 100 Å². The van der Waals surface area contributed by atoms with Gasteiger partial charge in [0.1, 0.15) is 17.6 Å². The van der Waals surface area contributed by atoms with Crippen LogP contribution in [-0.2, 0) is 11.8 Å². The Morgan fingerprint density at radius 2 is 1.82 bits per heavy atom. The molecule has 2 aromatic rings. The molecule has 2 aromatic carbocycles. The maximum atomic E-state index is 13.3. The maximum absolute atomic E-state index is 13.3. The number of amides is 2. The summed E-state index contributed by atoms with van der Waals surface area (Å²) in [6.45, 7) is 5.38. The summed E-state index contributed by atoms with van der Waals surface area (Å²) < 4.78 is 50.5. The van der Waals surface area contributed by atoms with Crippen LogP contribution in [0.3, 0.4) is 0 Å². The lowest BCUT2D eigenvalue weighted by Crippen LogP contribution is -2.40. The van der Waals surface area contributed by atoms with Crippen molar-refractivity contribution in [1.29, 1.82) is 0 Å². The second kappa shape index (κ2) is 9.34. The van der Waals surface area contributed by atoms with Crippen molar-refractivity contribution in [2.75, 3.05) is 19.5 Å². The second-order valence-electron chi connectivity index (χ2n) is 9.23. The Hall–Kier alpha value is -2.98. The van der Waals surface area contributed by atoms with Crippen LogP contribution in [0.25, 0.3) is 0 Å². The molecule has 7 nitrogen and oxygen atoms in total. The standard InChI is InChI=1S/C24H29F3N2O5/c1-23(2,3)13-10-14(21(31)24(25,26)27)20(34-5)16(11-13)29-22(32)28-15-9-12-7-6-8-17(33-4)18(12)19(15)30/h6-8,10-11,15,19,21,30-31H,9H2,1-5H3,(H2,28,29,32)/t15-,19-,21+/m0/s1. The van der Waals surface area contributed by atoms with Gasteiger partial charge in [-0.15, -0.1) is 0 Å². The fourth-order valence-corrected chi connectivity index (χ4v) is 4.07. The molecule has 0 bridgehead atoms. The van der Waals surface area contributed by atoms with E-state index in [-0.39, 0.29) is 11.4 Å². The lowest BCUT2D eigenvalue weighted by molar-refractivity contribution is -0.207. The molecule has 186 valence electrons. The first-order chi connectivity index (χ1) is 15.8. The van der Waals surface area contributed by atoms with Crippen LogP contribution in [0.2, 0.25) is 0 Å². The zero-order chi connectivity index (χ0) is 25.4. The highest BCUT2D eigenvalue weighted by molar-refractivity contribution is 5.92. The van der Waals surface area contributed by atoms with Crippen molar-refractivity contribution in [2.24, 2.45) is 0 Å². The summed E-state index contributed by atoms with van der Waals surface area (Å²) in [5, 5.41) is 25.9. The molecule has 1 aliphatic rings. The van der Waals surface area contributed by atoms with Crippen molar-refractivity contribution < 1.29 is 37.7 Å². The van der Waals surface area contributed by atoms with Crippen molar-refractivity contribution in [3.8, 4) is 11.5 Å². The average Bonchev–Trinajstić information content (AvgIpc) is 3.06. The zero-order valence-corrected chi connectivity index (χ0v) is 19.6. The molecule has 0 fully saturated rings. The summed E-state index contributed by atoms with van der Waals surface area (Å²) in [4.78, 5) is 12.8. The predicted octanol–water partition coefficient (Wildman–Crippen LogP) is 4.38. The Bertz CT molecular complexity index is 1070. The highest BCUT2D eigenvalue weighted by atomic mass is 19.4. The third-order valence-corrected chi connectivity index (χ3v) is 5.85. The van der Waals surface area contributed by atoms with Crippen LogP contribution in [0, 0.1) is 0 Å². The van der Waals surface area contributed by atoms with E-state index >= 15 is 0 Å². The van der Waals surface area contributed by atoms with Crippen molar-refractivity contribution in [3.05, 3.63) is 52.6 Å². The number of carbonyl (C=O) groups is 1. The Morgan fingerprint density at radius 1 is 1.15 bits per heavy atom. The quantitative estimate of drug-likeness (QED) is 0.507. The molecule has 3 atom stereocenters. The molecule has 0 spiro atoms. The van der Waals surface area contributed by atoms with Crippen LogP contribution >= 0.6 is 0 Å². The number of aliphatic hydroxyl groups excluding tert-OH is 2. The fraction of sp³-hybridized carbons (Fsp3) is 0.458. The van der Waals surface area contributed by atoms with Gasteiger partial charge in [-0.05, 0) is 41.2 Å². The first-order valence-electron chi connectivity index (χ1n) is 10.7. The third kappa shape index (κ3) is 5.07. The van der Waals surface area contributed by atoms with Gasteiger partial charge in [0.2, 0.25) is 0 Å². The van der Waals surface area contributed by atoms with Gasteiger partial charge in [-0.25, -0.2) is 4.79 Å². The minimum atomic E-state index is -4.93. The minimum Gasteiger partial charge on any atom is -0.496 e. The summed E-state index contributed by atoms with van der Waals surface area (Å²) in [5.41, 5.74) is 0.737. The first-order valence-corrected chi connectivity index (χ1v) is 10.7. The predicted molar refractivity (Wildman–Crippen MR) is 120 cm³/mol. The zero-order valence-electron chi connectivity index (χ0n) is 19.6. The molecule has 0 aliphatic heterocycles. The number of hydrogen-bond acceptors (Lipinski definition) is 5. The normalized spacial score (nSPS) is 18.8. The number of carbonyl (C=O) groups excluding carboxylic acids is 1. The lowest BCUT2D eigenvalue weighted by Gasteiger charge is -2.26. The van der Waals surface area contributed by atoms with Crippen LogP contribution in [-0.4, -0.2) is 42.7 Å². The highest BCUT2D eigenvalue weighted by Crippen LogP contribution is 2.43. The molecule has 0 unspecified atom stereocenters. The Kier molecular flexibility index (Phi) is 7.05. The van der Waals surface area contributed by atoms with E-state index in [9.17, 15) is 28.2 Å². The van der Waals surface area contributed by atoms with Crippen molar-refractivity contribution >= 4 is 11.7 Å². The SMILES string of the molecule is COc1cccc2c1[C@@H](O)[C@@H](NC(=O)Nc1cc(C(C)(C)C)cc([C@@H](O)C(F)(F)F)c1OC)C2. The van der Waals surface area contributed by atoms with Gasteiger partial charge in [0.05, 0.1) is 25.9 Å². The van der Waals surface area contributed by atoms with E-state index in [1.807, 2.05) is 6.07 Å². The van der Waals surface area contributed by atoms with Crippen molar-refractivity contribution in [3.63, 3.8) is 0 Å². The van der Waals surface area contributed by atoms with Gasteiger partial charge in [-0.3, -0.25) is 0 Å². The van der Waals surface area contributed by atoms with E-state index in [2.05, 4.69) is 10.6 Å². The van der Waals surface area contributed by atoms with E-state index in [0.29, 0.717) is 23.3 Å². The van der Waals surface area contributed by atoms with Gasteiger partial charge in [-0.2, -0.15) is 13.2 Å². The molecule has 3 rings (SSSR count). The van der Waals surface area contributed by atoms with Crippen molar-refractivity contribution in [2.45, 2.75) is 57.0 Å². The number of hydrogen-bond donors (Lipinski definition) is 4. The molecular formula is C24H29F3N2O5. The monoisotopic (exact) mass is 482 g/mol. The fourth-order valence-electron chi connectivity index (χ4n) is 4.07. The van der Waals surface area contributed by atoms with Gasteiger partial charge in [-0.1, -0.05) is 32.9 Å². The van der Waals surface area contributed by atoms with E-state index in [4.69, 9.17) is 9.47 Å². The van der Waals surface area contributed by atoms with Crippen molar-refractivity contribution in [1.82, 2.24) is 5.32 Å². The lowest BCUT2D eigenvalue weighted by atomic mass is 9.84. The number of alkyl halides is 3. The number of nitrogens with one attached hydrogen (secondary N) is 2. The summed E-state index contributed by atoms with van der Waals surface area (Å²) in [7, 11) is 2.64. The molecule has 1 aliphatic carbocycles. The smallest absolute Gasteiger partial charge is 0.418 e. The molecular weight excluding hydrogens is 453 g/mol. The number of methoxy groups -OCH3 is 2. The summed E-state index contributed by atoms with van der Waals surface area (Å²) in [6, 6.07) is 6.62. The second-order valence-corrected chi connectivity index (χ2v) is 9.23. The number of anilines is 1. The molecule has 4 N–H and O–H groups in total. The van der Waals surface area contributed by atoms with E-state index in [1.54, 1.807) is 32.9 Å². The molecule has 0 saturated heterocycles. The molecule has 0 heterocycles. The first kappa shape index (κ1) is 25.6. The van der Waals surface area contributed by atoms with Gasteiger partial charge in [0.15, 0.2) is 6.10 Å². The number of ether oxygens (including phenoxy) is 2. The third-order valence-electron chi connectivity index (χ3n) is 5.85. The van der Waals surface area contributed by atoms with Crippen LogP contribution < -0.4 is 20.1 Å². The van der Waals surface area contributed by atoms with Crippen LogP contribution in [0.4, 0.5) is 23.7 Å². The molecule has 10 heteroatoms. The summed E-state index contributed by atoms with van der Waals surface area (Å²) in [6.07, 6.45) is -8.41. The molecule has 0 aromatic heterocycles. The number of fused-ring (bicyclic) bond motifs is 1. The Morgan fingerprint density at radius 3 is 2.38 bits per heavy atom. The molecule has 34 heavy (non-hydrogen) atoms. The van der Waals surface area contributed by atoms with Crippen LogP contribution in [0.15, 0.2) is 30.3 Å². The molecule has 0 saturated carbocycles. The minimum absolute atomic E-state index is 0.0340. The average molecular weight is 482 g/mol. The molecule has 2 amide bonds.